The van der Waals surface area contributed by atoms with Crippen molar-refractivity contribution in [3.8, 4) is 10.4 Å². The van der Waals surface area contributed by atoms with Crippen molar-refractivity contribution in [2.24, 2.45) is 5.92 Å². The molecule has 2 amide bonds. The molecule has 0 bridgehead atoms. The first-order valence-electron chi connectivity index (χ1n) is 14.8. The number of urea groups is 1. The Labute approximate surface area is 256 Å². The molecule has 0 radical (unpaired) electrons. The second-order valence-electron chi connectivity index (χ2n) is 11.1. The van der Waals surface area contributed by atoms with Crippen molar-refractivity contribution < 1.29 is 33.8 Å². The molecule has 0 saturated carbocycles. The summed E-state index contributed by atoms with van der Waals surface area (Å²) in [5.41, 5.74) is 5.54. The predicted octanol–water partition coefficient (Wildman–Crippen LogP) is 3.72. The Kier molecular flexibility index (Phi) is 12.2. The molecule has 0 spiro atoms. The highest BCUT2D eigenvalue weighted by atomic mass is 32.1. The van der Waals surface area contributed by atoms with Crippen LogP contribution in [0.4, 0.5) is 4.79 Å². The molecule has 43 heavy (non-hydrogen) atoms. The van der Waals surface area contributed by atoms with Gasteiger partial charge in [-0.25, -0.2) is 9.78 Å². The summed E-state index contributed by atoms with van der Waals surface area (Å²) in [4.78, 5) is 33.9. The van der Waals surface area contributed by atoms with Crippen LogP contribution in [-0.2, 0) is 27.2 Å². The molecule has 4 rings (SSSR count). The first-order chi connectivity index (χ1) is 20.8. The van der Waals surface area contributed by atoms with Crippen LogP contribution < -0.4 is 5.32 Å². The number of aliphatic hydroxyl groups is 2. The number of amides is 2. The zero-order chi connectivity index (χ0) is 30.8. The maximum absolute atomic E-state index is 13.8. The number of aryl methyl sites for hydroxylation is 2. The van der Waals surface area contributed by atoms with Gasteiger partial charge in [0.15, 0.2) is 5.78 Å². The highest BCUT2D eigenvalue weighted by molar-refractivity contribution is 7.13. The number of aliphatic hydroxyl groups excluding tert-OH is 2. The smallest absolute Gasteiger partial charge is 0.318 e. The van der Waals surface area contributed by atoms with E-state index in [2.05, 4.69) is 15.5 Å². The number of β-amino-alcohol motifs (C(OH)–C–C–N with tert-alkyl or cyclic N) is 1. The van der Waals surface area contributed by atoms with Gasteiger partial charge in [0.1, 0.15) is 5.76 Å². The van der Waals surface area contributed by atoms with Gasteiger partial charge in [0, 0.05) is 32.2 Å². The molecular weight excluding hydrogens is 572 g/mol. The number of hydrogen-bond donors (Lipinski definition) is 3. The third-order valence-corrected chi connectivity index (χ3v) is 8.44. The van der Waals surface area contributed by atoms with E-state index in [9.17, 15) is 14.7 Å². The van der Waals surface area contributed by atoms with Gasteiger partial charge in [-0.05, 0) is 36.8 Å². The number of likely N-dealkylation sites (tertiary alicyclic amines) is 1. The van der Waals surface area contributed by atoms with Crippen molar-refractivity contribution in [3.05, 3.63) is 58.6 Å². The monoisotopic (exact) mass is 614 g/mol. The molecule has 1 fully saturated rings. The van der Waals surface area contributed by atoms with Crippen molar-refractivity contribution in [1.29, 1.82) is 0 Å². The van der Waals surface area contributed by atoms with E-state index in [1.54, 1.807) is 17.4 Å². The molecule has 234 valence electrons. The van der Waals surface area contributed by atoms with Crippen molar-refractivity contribution in [1.82, 2.24) is 20.4 Å². The average Bonchev–Trinajstić information content (AvgIpc) is 3.73. The van der Waals surface area contributed by atoms with Crippen molar-refractivity contribution >= 4 is 23.2 Å². The highest BCUT2D eigenvalue weighted by Gasteiger charge is 2.43. The first-order valence-corrected chi connectivity index (χ1v) is 15.6. The Hall–Kier alpha value is -3.16. The molecule has 11 nitrogen and oxygen atoms in total. The maximum atomic E-state index is 13.8. The Bertz CT molecular complexity index is 1310. The predicted molar refractivity (Wildman–Crippen MR) is 162 cm³/mol. The van der Waals surface area contributed by atoms with Gasteiger partial charge in [0.2, 0.25) is 0 Å². The van der Waals surface area contributed by atoms with Gasteiger partial charge in [-0.1, -0.05) is 43.3 Å². The minimum Gasteiger partial charge on any atom is -0.394 e. The molecule has 3 heterocycles. The lowest BCUT2D eigenvalue weighted by Gasteiger charge is -2.27. The fraction of sp³-hybridized carbons (Fsp3) is 0.548. The number of nitrogens with zero attached hydrogens (tertiary/aromatic N) is 3. The number of aromatic nitrogens is 2. The average molecular weight is 615 g/mol. The zero-order valence-electron chi connectivity index (χ0n) is 25.0. The molecule has 1 aliphatic rings. The summed E-state index contributed by atoms with van der Waals surface area (Å²) in [6.07, 6.45) is 0.747. The van der Waals surface area contributed by atoms with Crippen LogP contribution in [0, 0.1) is 12.8 Å². The molecule has 0 aliphatic carbocycles. The fourth-order valence-electron chi connectivity index (χ4n) is 5.28. The quantitative estimate of drug-likeness (QED) is 0.205. The van der Waals surface area contributed by atoms with Crippen LogP contribution in [0.5, 0.6) is 0 Å². The molecular formula is C31H42N4O7S. The number of benzene rings is 1. The second-order valence-corrected chi connectivity index (χ2v) is 11.9. The van der Waals surface area contributed by atoms with E-state index in [1.807, 2.05) is 50.5 Å². The van der Waals surface area contributed by atoms with Gasteiger partial charge in [-0.3, -0.25) is 4.79 Å². The Balaban J connectivity index is 1.32. The summed E-state index contributed by atoms with van der Waals surface area (Å²) in [5.74, 6) is -0.403. The standard InChI is InChI=1S/C31H42N4O7S/c1-20(2)28(27-15-24(34-42-27)5-4-11-40-13-14-41-12-10-36)29(38)26-16-25(37)18-35(26)31(39)32-17-22-6-8-23(9-7-22)30-21(3)33-19-43-30/h6-9,15,19-20,25-26,28,36-37H,4-5,10-14,16-18H2,1-3H3,(H,32,39)/t25-,26?,28?/m0/s1. The number of ether oxygens (including phenoxy) is 2. The molecule has 1 aliphatic heterocycles. The number of hydrogen-bond acceptors (Lipinski definition) is 10. The minimum atomic E-state index is -0.784. The van der Waals surface area contributed by atoms with Crippen LogP contribution >= 0.6 is 11.3 Å². The molecule has 3 atom stereocenters. The van der Waals surface area contributed by atoms with E-state index >= 15 is 0 Å². The van der Waals surface area contributed by atoms with Gasteiger partial charge in [0.05, 0.1) is 66.3 Å². The van der Waals surface area contributed by atoms with Gasteiger partial charge < -0.3 is 34.4 Å². The maximum Gasteiger partial charge on any atom is 0.318 e. The van der Waals surface area contributed by atoms with Crippen LogP contribution in [0.15, 0.2) is 40.4 Å². The molecule has 3 N–H and O–H groups in total. The van der Waals surface area contributed by atoms with Crippen molar-refractivity contribution in [2.75, 3.05) is 39.6 Å². The Morgan fingerprint density at radius 3 is 2.58 bits per heavy atom. The van der Waals surface area contributed by atoms with Crippen molar-refractivity contribution in [2.45, 2.75) is 64.6 Å². The third-order valence-electron chi connectivity index (χ3n) is 7.46. The lowest BCUT2D eigenvalue weighted by molar-refractivity contribution is -0.125. The van der Waals surface area contributed by atoms with Gasteiger partial charge >= 0.3 is 6.03 Å². The van der Waals surface area contributed by atoms with Gasteiger partial charge in [0.25, 0.3) is 0 Å². The number of thiazole rings is 1. The lowest BCUT2D eigenvalue weighted by atomic mass is 9.85. The van der Waals surface area contributed by atoms with Crippen LogP contribution in [0.3, 0.4) is 0 Å². The number of carbonyl (C=O) groups excluding carboxylic acids is 2. The summed E-state index contributed by atoms with van der Waals surface area (Å²) >= 11 is 1.59. The Morgan fingerprint density at radius 1 is 1.16 bits per heavy atom. The number of Topliss-reactive ketones (excluding diaryl/α,β-unsaturated/α-hetero) is 1. The summed E-state index contributed by atoms with van der Waals surface area (Å²) < 4.78 is 16.3. The number of rotatable bonds is 16. The third kappa shape index (κ3) is 8.93. The zero-order valence-corrected chi connectivity index (χ0v) is 25.8. The highest BCUT2D eigenvalue weighted by Crippen LogP contribution is 2.32. The topological polar surface area (TPSA) is 147 Å². The SMILES string of the molecule is Cc1ncsc1-c1ccc(CNC(=O)N2C[C@@H](O)CC2C(=O)C(c2cc(CCCOCCOCCO)no2)C(C)C)cc1. The molecule has 2 unspecified atom stereocenters. The van der Waals surface area contributed by atoms with E-state index in [0.717, 1.165) is 33.8 Å². The van der Waals surface area contributed by atoms with Gasteiger partial charge in [-0.2, -0.15) is 0 Å². The summed E-state index contributed by atoms with van der Waals surface area (Å²) in [6.45, 7) is 7.93. The van der Waals surface area contributed by atoms with Crippen LogP contribution in [0.1, 0.15) is 55.3 Å². The summed E-state index contributed by atoms with van der Waals surface area (Å²) in [5, 5.41) is 26.2. The lowest BCUT2D eigenvalue weighted by Crippen LogP contribution is -2.47. The first kappa shape index (κ1) is 32.7. The number of ketones is 1. The molecule has 3 aromatic rings. The van der Waals surface area contributed by atoms with Gasteiger partial charge in [-0.15, -0.1) is 11.3 Å². The molecule has 2 aromatic heterocycles. The summed E-state index contributed by atoms with van der Waals surface area (Å²) in [6, 6.07) is 8.60. The molecule has 1 aromatic carbocycles. The van der Waals surface area contributed by atoms with Crippen molar-refractivity contribution in [3.63, 3.8) is 0 Å². The van der Waals surface area contributed by atoms with E-state index in [1.165, 1.54) is 4.90 Å². The van der Waals surface area contributed by atoms with Crippen LogP contribution in [0.2, 0.25) is 0 Å². The Morgan fingerprint density at radius 2 is 1.91 bits per heavy atom. The molecule has 1 saturated heterocycles. The van der Waals surface area contributed by atoms with Crippen LogP contribution in [0.25, 0.3) is 10.4 Å². The normalized spacial score (nSPS) is 17.5. The second kappa shape index (κ2) is 16.1. The van der Waals surface area contributed by atoms with E-state index in [0.29, 0.717) is 45.2 Å². The number of nitrogens with one attached hydrogen (secondary N) is 1. The minimum absolute atomic E-state index is 0.00894. The number of carbonyl (C=O) groups is 2. The van der Waals surface area contributed by atoms with Crippen LogP contribution in [-0.4, -0.2) is 88.8 Å². The van der Waals surface area contributed by atoms with E-state index in [4.69, 9.17) is 19.1 Å². The fourth-order valence-corrected chi connectivity index (χ4v) is 6.09. The van der Waals surface area contributed by atoms with E-state index < -0.39 is 18.1 Å². The largest absolute Gasteiger partial charge is 0.394 e. The van der Waals surface area contributed by atoms with E-state index in [-0.39, 0.29) is 37.3 Å². The summed E-state index contributed by atoms with van der Waals surface area (Å²) in [7, 11) is 0. The molecule has 12 heteroatoms.